The zero-order valence-electron chi connectivity index (χ0n) is 5.81. The van der Waals surface area contributed by atoms with E-state index in [1.165, 1.54) is 5.69 Å². The lowest BCUT2D eigenvalue weighted by Gasteiger charge is -2.05. The largest absolute Gasteiger partial charge is 0.364 e. The highest BCUT2D eigenvalue weighted by atomic mass is 14.9. The first-order chi connectivity index (χ1) is 4.34. The molecule has 1 atom stereocenters. The minimum absolute atomic E-state index is 0.431. The van der Waals surface area contributed by atoms with Crippen molar-refractivity contribution in [3.8, 4) is 0 Å². The molecule has 50 valence electrons. The lowest BCUT2D eigenvalue weighted by atomic mass is 10.2. The van der Waals surface area contributed by atoms with E-state index in [1.54, 1.807) is 0 Å². The highest BCUT2D eigenvalue weighted by Crippen LogP contribution is 2.06. The average Bonchev–Trinajstić information content (AvgIpc) is 2.37. The van der Waals surface area contributed by atoms with Crippen molar-refractivity contribution in [1.82, 2.24) is 10.3 Å². The first kappa shape index (κ1) is 6.36. The standard InChI is InChI=1S/C7H12N2/c1-6(8-2)7-4-3-5-9-7/h3-6,8-9H,1-2H3/t6-/m0/s1. The lowest BCUT2D eigenvalue weighted by molar-refractivity contribution is 0.637. The molecule has 0 saturated heterocycles. The molecule has 0 bridgehead atoms. The Morgan fingerprint density at radius 3 is 2.89 bits per heavy atom. The molecule has 1 rings (SSSR count). The van der Waals surface area contributed by atoms with E-state index in [4.69, 9.17) is 0 Å². The molecule has 2 nitrogen and oxygen atoms in total. The third kappa shape index (κ3) is 1.33. The highest BCUT2D eigenvalue weighted by Gasteiger charge is 1.99. The molecule has 0 saturated carbocycles. The fourth-order valence-corrected chi connectivity index (χ4v) is 0.769. The summed E-state index contributed by atoms with van der Waals surface area (Å²) in [4.78, 5) is 3.13. The Hall–Kier alpha value is -0.760. The van der Waals surface area contributed by atoms with E-state index in [0.717, 1.165) is 0 Å². The monoisotopic (exact) mass is 124 g/mol. The van der Waals surface area contributed by atoms with Gasteiger partial charge in [-0.3, -0.25) is 0 Å². The molecule has 0 aliphatic rings. The van der Waals surface area contributed by atoms with Crippen LogP contribution >= 0.6 is 0 Å². The van der Waals surface area contributed by atoms with Gasteiger partial charge >= 0.3 is 0 Å². The quantitative estimate of drug-likeness (QED) is 0.611. The number of nitrogens with one attached hydrogen (secondary N) is 2. The van der Waals surface area contributed by atoms with E-state index >= 15 is 0 Å². The van der Waals surface area contributed by atoms with Gasteiger partial charge < -0.3 is 10.3 Å². The number of rotatable bonds is 2. The molecule has 0 aliphatic heterocycles. The van der Waals surface area contributed by atoms with Crippen molar-refractivity contribution in [2.24, 2.45) is 0 Å². The Morgan fingerprint density at radius 2 is 2.44 bits per heavy atom. The van der Waals surface area contributed by atoms with Gasteiger partial charge in [0, 0.05) is 17.9 Å². The smallest absolute Gasteiger partial charge is 0.0441 e. The number of hydrogen-bond donors (Lipinski definition) is 2. The van der Waals surface area contributed by atoms with Crippen molar-refractivity contribution in [2.45, 2.75) is 13.0 Å². The van der Waals surface area contributed by atoms with Gasteiger partial charge in [0.15, 0.2) is 0 Å². The van der Waals surface area contributed by atoms with Gasteiger partial charge in [0.2, 0.25) is 0 Å². The van der Waals surface area contributed by atoms with Crippen molar-refractivity contribution in [2.75, 3.05) is 7.05 Å². The van der Waals surface area contributed by atoms with Gasteiger partial charge in [0.05, 0.1) is 0 Å². The van der Waals surface area contributed by atoms with Crippen LogP contribution in [0.4, 0.5) is 0 Å². The maximum atomic E-state index is 3.14. The molecule has 1 aromatic heterocycles. The molecule has 0 radical (unpaired) electrons. The summed E-state index contributed by atoms with van der Waals surface area (Å²) >= 11 is 0. The predicted octanol–water partition coefficient (Wildman–Crippen LogP) is 1.30. The van der Waals surface area contributed by atoms with Crippen LogP contribution in [0.3, 0.4) is 0 Å². The minimum Gasteiger partial charge on any atom is -0.364 e. The second kappa shape index (κ2) is 2.69. The Balaban J connectivity index is 2.65. The van der Waals surface area contributed by atoms with Crippen molar-refractivity contribution >= 4 is 0 Å². The SMILES string of the molecule is CN[C@@H](C)c1ccc[nH]1. The third-order valence-electron chi connectivity index (χ3n) is 1.52. The summed E-state index contributed by atoms with van der Waals surface area (Å²) in [6.07, 6.45) is 1.93. The van der Waals surface area contributed by atoms with Crippen LogP contribution in [0, 0.1) is 0 Å². The van der Waals surface area contributed by atoms with Crippen molar-refractivity contribution in [1.29, 1.82) is 0 Å². The van der Waals surface area contributed by atoms with Gasteiger partial charge in [-0.2, -0.15) is 0 Å². The van der Waals surface area contributed by atoms with Gasteiger partial charge in [0.25, 0.3) is 0 Å². The summed E-state index contributed by atoms with van der Waals surface area (Å²) < 4.78 is 0. The van der Waals surface area contributed by atoms with E-state index in [1.807, 2.05) is 19.3 Å². The summed E-state index contributed by atoms with van der Waals surface area (Å²) in [5, 5.41) is 3.14. The fraction of sp³-hybridized carbons (Fsp3) is 0.429. The third-order valence-corrected chi connectivity index (χ3v) is 1.52. The summed E-state index contributed by atoms with van der Waals surface area (Å²) in [6.45, 7) is 2.12. The zero-order valence-corrected chi connectivity index (χ0v) is 5.81. The molecule has 2 N–H and O–H groups in total. The second-order valence-corrected chi connectivity index (χ2v) is 2.14. The molecular weight excluding hydrogens is 112 g/mol. The van der Waals surface area contributed by atoms with Crippen molar-refractivity contribution < 1.29 is 0 Å². The van der Waals surface area contributed by atoms with Gasteiger partial charge in [-0.1, -0.05) is 0 Å². The molecule has 0 aromatic carbocycles. The molecule has 2 heteroatoms. The molecular formula is C7H12N2. The van der Waals surface area contributed by atoms with Crippen LogP contribution in [0.5, 0.6) is 0 Å². The van der Waals surface area contributed by atoms with Crippen molar-refractivity contribution in [3.63, 3.8) is 0 Å². The molecule has 1 heterocycles. The number of H-pyrrole nitrogens is 1. The van der Waals surface area contributed by atoms with E-state index < -0.39 is 0 Å². The molecule has 9 heavy (non-hydrogen) atoms. The van der Waals surface area contributed by atoms with E-state index in [2.05, 4.69) is 23.3 Å². The maximum absolute atomic E-state index is 3.14. The number of hydrogen-bond acceptors (Lipinski definition) is 1. The molecule has 0 fully saturated rings. The van der Waals surface area contributed by atoms with Crippen LogP contribution < -0.4 is 5.32 Å². The fourth-order valence-electron chi connectivity index (χ4n) is 0.769. The maximum Gasteiger partial charge on any atom is 0.0441 e. The van der Waals surface area contributed by atoms with E-state index in [-0.39, 0.29) is 0 Å². The summed E-state index contributed by atoms with van der Waals surface area (Å²) in [6, 6.07) is 4.50. The van der Waals surface area contributed by atoms with Crippen molar-refractivity contribution in [3.05, 3.63) is 24.0 Å². The molecule has 0 amide bonds. The van der Waals surface area contributed by atoms with Gasteiger partial charge in [-0.25, -0.2) is 0 Å². The summed E-state index contributed by atoms with van der Waals surface area (Å²) in [7, 11) is 1.95. The van der Waals surface area contributed by atoms with Gasteiger partial charge in [0.1, 0.15) is 0 Å². The average molecular weight is 124 g/mol. The van der Waals surface area contributed by atoms with Gasteiger partial charge in [-0.05, 0) is 26.1 Å². The topological polar surface area (TPSA) is 27.8 Å². The van der Waals surface area contributed by atoms with E-state index in [9.17, 15) is 0 Å². The van der Waals surface area contributed by atoms with Crippen LogP contribution in [-0.4, -0.2) is 12.0 Å². The van der Waals surface area contributed by atoms with Gasteiger partial charge in [-0.15, -0.1) is 0 Å². The van der Waals surface area contributed by atoms with Crippen LogP contribution in [0.2, 0.25) is 0 Å². The lowest BCUT2D eigenvalue weighted by Crippen LogP contribution is -2.12. The summed E-state index contributed by atoms with van der Waals surface area (Å²) in [5.41, 5.74) is 1.23. The number of aromatic amines is 1. The van der Waals surface area contributed by atoms with Crippen LogP contribution in [-0.2, 0) is 0 Å². The second-order valence-electron chi connectivity index (χ2n) is 2.14. The Morgan fingerprint density at radius 1 is 1.67 bits per heavy atom. The van der Waals surface area contributed by atoms with E-state index in [0.29, 0.717) is 6.04 Å². The Labute approximate surface area is 55.3 Å². The molecule has 0 aliphatic carbocycles. The predicted molar refractivity (Wildman–Crippen MR) is 38.3 cm³/mol. The van der Waals surface area contributed by atoms with Crippen LogP contribution in [0.25, 0.3) is 0 Å². The first-order valence-corrected chi connectivity index (χ1v) is 3.15. The Kier molecular flexibility index (Phi) is 1.90. The van der Waals surface area contributed by atoms with Crippen LogP contribution in [0.1, 0.15) is 18.7 Å². The highest BCUT2D eigenvalue weighted by molar-refractivity contribution is 5.07. The van der Waals surface area contributed by atoms with Crippen LogP contribution in [0.15, 0.2) is 18.3 Å². The minimum atomic E-state index is 0.431. The zero-order chi connectivity index (χ0) is 6.69. The molecule has 0 unspecified atom stereocenters. The Bertz CT molecular complexity index is 155. The molecule has 0 spiro atoms. The number of aromatic nitrogens is 1. The summed E-state index contributed by atoms with van der Waals surface area (Å²) in [5.74, 6) is 0. The first-order valence-electron chi connectivity index (χ1n) is 3.15. The molecule has 1 aromatic rings. The normalized spacial score (nSPS) is 13.6.